The standard InChI is InChI=1S/C16H18N2O4/c1-3-5-12-6-4-9-17(11-12)16(19)13-7-8-14(18(20)21)15(10-13)22-2/h1,7-8,10,12H,4-6,9,11H2,2H3/t12-/m0/s1. The number of methoxy groups -OCH3 is 1. The highest BCUT2D eigenvalue weighted by Crippen LogP contribution is 2.29. The van der Waals surface area contributed by atoms with Crippen molar-refractivity contribution < 1.29 is 14.5 Å². The number of carbonyl (C=O) groups excluding carboxylic acids is 1. The number of nitrogens with zero attached hydrogens (tertiary/aromatic N) is 2. The van der Waals surface area contributed by atoms with Crippen LogP contribution < -0.4 is 4.74 Å². The second-order valence-corrected chi connectivity index (χ2v) is 5.31. The van der Waals surface area contributed by atoms with Crippen LogP contribution in [0.3, 0.4) is 0 Å². The first-order chi connectivity index (χ1) is 10.6. The van der Waals surface area contributed by atoms with Crippen LogP contribution in [0.25, 0.3) is 0 Å². The van der Waals surface area contributed by atoms with E-state index in [9.17, 15) is 14.9 Å². The van der Waals surface area contributed by atoms with Crippen LogP contribution in [0.4, 0.5) is 5.69 Å². The lowest BCUT2D eigenvalue weighted by Gasteiger charge is -2.32. The zero-order chi connectivity index (χ0) is 16.1. The quantitative estimate of drug-likeness (QED) is 0.486. The fourth-order valence-electron chi connectivity index (χ4n) is 2.73. The predicted molar refractivity (Wildman–Crippen MR) is 81.7 cm³/mol. The van der Waals surface area contributed by atoms with E-state index in [4.69, 9.17) is 11.2 Å². The van der Waals surface area contributed by atoms with Gasteiger partial charge in [0.1, 0.15) is 0 Å². The minimum absolute atomic E-state index is 0.0908. The summed E-state index contributed by atoms with van der Waals surface area (Å²) in [5.74, 6) is 2.91. The molecule has 1 saturated heterocycles. The summed E-state index contributed by atoms with van der Waals surface area (Å²) < 4.78 is 5.01. The molecule has 1 atom stereocenters. The van der Waals surface area contributed by atoms with Gasteiger partial charge < -0.3 is 9.64 Å². The van der Waals surface area contributed by atoms with E-state index in [0.717, 1.165) is 12.8 Å². The maximum atomic E-state index is 12.5. The van der Waals surface area contributed by atoms with Crippen molar-refractivity contribution in [3.63, 3.8) is 0 Å². The molecule has 0 spiro atoms. The lowest BCUT2D eigenvalue weighted by atomic mass is 9.94. The Morgan fingerprint density at radius 3 is 3.00 bits per heavy atom. The molecule has 0 bridgehead atoms. The summed E-state index contributed by atoms with van der Waals surface area (Å²) in [5.41, 5.74) is 0.242. The number of amides is 1. The Hall–Kier alpha value is -2.55. The second-order valence-electron chi connectivity index (χ2n) is 5.31. The third kappa shape index (κ3) is 3.37. The summed E-state index contributed by atoms with van der Waals surface area (Å²) in [5, 5.41) is 10.9. The van der Waals surface area contributed by atoms with Gasteiger partial charge in [0.25, 0.3) is 5.91 Å². The molecule has 1 aromatic rings. The van der Waals surface area contributed by atoms with Crippen LogP contribution in [0.15, 0.2) is 18.2 Å². The van der Waals surface area contributed by atoms with Gasteiger partial charge in [-0.2, -0.15) is 0 Å². The van der Waals surface area contributed by atoms with Crippen molar-refractivity contribution >= 4 is 11.6 Å². The molecule has 1 aliphatic heterocycles. The Balaban J connectivity index is 2.19. The lowest BCUT2D eigenvalue weighted by molar-refractivity contribution is -0.385. The van der Waals surface area contributed by atoms with Crippen LogP contribution in [0.1, 0.15) is 29.6 Å². The highest BCUT2D eigenvalue weighted by molar-refractivity contribution is 5.95. The lowest BCUT2D eigenvalue weighted by Crippen LogP contribution is -2.39. The van der Waals surface area contributed by atoms with E-state index in [0.29, 0.717) is 31.0 Å². The highest BCUT2D eigenvalue weighted by atomic mass is 16.6. The second kappa shape index (κ2) is 6.94. The van der Waals surface area contributed by atoms with Crippen LogP contribution >= 0.6 is 0 Å². The molecular weight excluding hydrogens is 284 g/mol. The van der Waals surface area contributed by atoms with Crippen LogP contribution in [0.2, 0.25) is 0 Å². The van der Waals surface area contributed by atoms with E-state index in [1.807, 2.05) is 0 Å². The third-order valence-corrected chi connectivity index (χ3v) is 3.84. The summed E-state index contributed by atoms with van der Waals surface area (Å²) in [4.78, 5) is 24.7. The number of likely N-dealkylation sites (tertiary alicyclic amines) is 1. The summed E-state index contributed by atoms with van der Waals surface area (Å²) in [6.45, 7) is 1.31. The van der Waals surface area contributed by atoms with E-state index in [1.165, 1.54) is 25.3 Å². The molecule has 6 heteroatoms. The maximum Gasteiger partial charge on any atom is 0.310 e. The molecule has 6 nitrogen and oxygen atoms in total. The molecule has 22 heavy (non-hydrogen) atoms. The SMILES string of the molecule is C#CC[C@H]1CCCN(C(=O)c2ccc([N+](=O)[O-])c(OC)c2)C1. The van der Waals surface area contributed by atoms with Crippen LogP contribution in [-0.4, -0.2) is 35.9 Å². The van der Waals surface area contributed by atoms with Gasteiger partial charge in [0.2, 0.25) is 0 Å². The number of nitro benzene ring substituents is 1. The van der Waals surface area contributed by atoms with Gasteiger partial charge in [-0.25, -0.2) is 0 Å². The molecule has 116 valence electrons. The third-order valence-electron chi connectivity index (χ3n) is 3.84. The fraction of sp³-hybridized carbons (Fsp3) is 0.438. The first-order valence-electron chi connectivity index (χ1n) is 7.12. The van der Waals surface area contributed by atoms with Gasteiger partial charge in [0.15, 0.2) is 5.75 Å². The molecule has 1 amide bonds. The van der Waals surface area contributed by atoms with Gasteiger partial charge in [-0.1, -0.05) is 0 Å². The molecule has 1 fully saturated rings. The van der Waals surface area contributed by atoms with Crippen molar-refractivity contribution in [1.82, 2.24) is 4.90 Å². The average molecular weight is 302 g/mol. The van der Waals surface area contributed by atoms with Gasteiger partial charge in [-0.3, -0.25) is 14.9 Å². The van der Waals surface area contributed by atoms with E-state index in [-0.39, 0.29) is 17.3 Å². The molecule has 2 rings (SSSR count). The van der Waals surface area contributed by atoms with Gasteiger partial charge in [0, 0.05) is 37.2 Å². The summed E-state index contributed by atoms with van der Waals surface area (Å²) in [6, 6.07) is 4.19. The Bertz CT molecular complexity index is 621. The largest absolute Gasteiger partial charge is 0.490 e. The number of piperidine rings is 1. The first-order valence-corrected chi connectivity index (χ1v) is 7.12. The van der Waals surface area contributed by atoms with E-state index >= 15 is 0 Å². The van der Waals surface area contributed by atoms with Crippen molar-refractivity contribution in [3.8, 4) is 18.1 Å². The summed E-state index contributed by atoms with van der Waals surface area (Å²) in [7, 11) is 1.35. The molecule has 0 unspecified atom stereocenters. The van der Waals surface area contributed by atoms with Crippen molar-refractivity contribution in [1.29, 1.82) is 0 Å². The molecule has 0 N–H and O–H groups in total. The zero-order valence-electron chi connectivity index (χ0n) is 12.4. The number of rotatable bonds is 4. The van der Waals surface area contributed by atoms with Gasteiger partial charge in [-0.15, -0.1) is 12.3 Å². The maximum absolute atomic E-state index is 12.5. The Morgan fingerprint density at radius 1 is 1.59 bits per heavy atom. The monoisotopic (exact) mass is 302 g/mol. The Morgan fingerprint density at radius 2 is 2.36 bits per heavy atom. The Kier molecular flexibility index (Phi) is 4.99. The number of ether oxygens (including phenoxy) is 1. The highest BCUT2D eigenvalue weighted by Gasteiger charge is 2.25. The van der Waals surface area contributed by atoms with Gasteiger partial charge in [0.05, 0.1) is 12.0 Å². The van der Waals surface area contributed by atoms with E-state index in [2.05, 4.69) is 5.92 Å². The molecule has 1 aromatic carbocycles. The molecule has 1 aliphatic rings. The number of terminal acetylenes is 1. The minimum Gasteiger partial charge on any atom is -0.490 e. The van der Waals surface area contributed by atoms with Gasteiger partial charge in [-0.05, 0) is 24.8 Å². The molecular formula is C16H18N2O4. The van der Waals surface area contributed by atoms with Gasteiger partial charge >= 0.3 is 5.69 Å². The van der Waals surface area contributed by atoms with Crippen molar-refractivity contribution in [3.05, 3.63) is 33.9 Å². The number of hydrogen-bond donors (Lipinski definition) is 0. The Labute approximate surface area is 129 Å². The zero-order valence-corrected chi connectivity index (χ0v) is 12.4. The van der Waals surface area contributed by atoms with Crippen LogP contribution in [0, 0.1) is 28.4 Å². The summed E-state index contributed by atoms with van der Waals surface area (Å²) in [6.07, 6.45) is 7.95. The normalized spacial score (nSPS) is 17.6. The predicted octanol–water partition coefficient (Wildman–Crippen LogP) is 2.48. The number of carbonyl (C=O) groups is 1. The molecule has 0 aliphatic carbocycles. The van der Waals surface area contributed by atoms with Crippen LogP contribution in [0.5, 0.6) is 5.75 Å². The van der Waals surface area contributed by atoms with Crippen molar-refractivity contribution in [2.24, 2.45) is 5.92 Å². The average Bonchev–Trinajstić information content (AvgIpc) is 2.54. The number of nitro groups is 1. The van der Waals surface area contributed by atoms with Crippen molar-refractivity contribution in [2.75, 3.05) is 20.2 Å². The fourth-order valence-corrected chi connectivity index (χ4v) is 2.73. The van der Waals surface area contributed by atoms with Crippen LogP contribution in [-0.2, 0) is 0 Å². The molecule has 0 aromatic heterocycles. The topological polar surface area (TPSA) is 72.7 Å². The minimum atomic E-state index is -0.531. The molecule has 0 radical (unpaired) electrons. The molecule has 1 heterocycles. The first kappa shape index (κ1) is 15.8. The van der Waals surface area contributed by atoms with E-state index in [1.54, 1.807) is 4.90 Å². The number of benzene rings is 1. The van der Waals surface area contributed by atoms with Crippen molar-refractivity contribution in [2.45, 2.75) is 19.3 Å². The summed E-state index contributed by atoms with van der Waals surface area (Å²) >= 11 is 0. The number of hydrogen-bond acceptors (Lipinski definition) is 4. The smallest absolute Gasteiger partial charge is 0.310 e. The van der Waals surface area contributed by atoms with E-state index < -0.39 is 4.92 Å². The molecule has 0 saturated carbocycles.